The average Bonchev–Trinajstić information content (AvgIpc) is 2.53. The van der Waals surface area contributed by atoms with Crippen LogP contribution in [0.15, 0.2) is 0 Å². The molecule has 0 radical (unpaired) electrons. The third-order valence-electron chi connectivity index (χ3n) is 7.27. The van der Waals surface area contributed by atoms with E-state index in [0.717, 1.165) is 51.4 Å². The molecule has 3 rings (SSSR count). The van der Waals surface area contributed by atoms with Crippen LogP contribution in [-0.4, -0.2) is 66.9 Å². The van der Waals surface area contributed by atoms with E-state index < -0.39 is 0 Å². The number of aliphatic hydroxyl groups is 2. The van der Waals surface area contributed by atoms with E-state index in [1.54, 1.807) is 0 Å². The Morgan fingerprint density at radius 3 is 1.00 bits per heavy atom. The van der Waals surface area contributed by atoms with Crippen molar-refractivity contribution in [2.75, 3.05) is 0 Å². The standard InChI is InChI=1S/C24H46N2O4/c1-21(2)13-17(27)14-22(3,4)25(21)29-19-9-11-20(12-10-19)30-26-23(5,6)15-18(28)16-24(26,7)8/h17-20,27-28H,9-16H2,1-8H3. The first-order valence-corrected chi connectivity index (χ1v) is 11.9. The molecule has 0 unspecified atom stereocenters. The molecule has 2 heterocycles. The highest BCUT2D eigenvalue weighted by molar-refractivity contribution is 4.98. The van der Waals surface area contributed by atoms with Crippen molar-refractivity contribution in [1.29, 1.82) is 0 Å². The average molecular weight is 427 g/mol. The van der Waals surface area contributed by atoms with Crippen LogP contribution in [0.2, 0.25) is 0 Å². The molecule has 6 heteroatoms. The first-order chi connectivity index (χ1) is 13.6. The van der Waals surface area contributed by atoms with Gasteiger partial charge >= 0.3 is 0 Å². The SMILES string of the molecule is CC1(C)CC(O)CC(C)(C)N1OC1CCC(ON2C(C)(C)CC(O)CC2(C)C)CC1. The van der Waals surface area contributed by atoms with Gasteiger partial charge in [0.25, 0.3) is 0 Å². The van der Waals surface area contributed by atoms with E-state index in [0.29, 0.717) is 0 Å². The number of hydrogen-bond donors (Lipinski definition) is 2. The van der Waals surface area contributed by atoms with Crippen LogP contribution in [0, 0.1) is 0 Å². The summed E-state index contributed by atoms with van der Waals surface area (Å²) in [7, 11) is 0. The highest BCUT2D eigenvalue weighted by atomic mass is 16.7. The molecule has 30 heavy (non-hydrogen) atoms. The fourth-order valence-electron chi connectivity index (χ4n) is 6.53. The van der Waals surface area contributed by atoms with Crippen LogP contribution >= 0.6 is 0 Å². The first kappa shape index (κ1) is 24.4. The van der Waals surface area contributed by atoms with Gasteiger partial charge in [0.2, 0.25) is 0 Å². The van der Waals surface area contributed by atoms with Crippen LogP contribution in [0.4, 0.5) is 0 Å². The van der Waals surface area contributed by atoms with Gasteiger partial charge in [-0.25, -0.2) is 0 Å². The molecule has 3 fully saturated rings. The minimum Gasteiger partial charge on any atom is -0.393 e. The Kier molecular flexibility index (Phi) is 6.73. The monoisotopic (exact) mass is 426 g/mol. The Hall–Kier alpha value is -0.240. The zero-order chi connectivity index (χ0) is 22.5. The Balaban J connectivity index is 1.57. The smallest absolute Gasteiger partial charge is 0.0795 e. The van der Waals surface area contributed by atoms with Crippen LogP contribution in [0.3, 0.4) is 0 Å². The Morgan fingerprint density at radius 2 is 0.767 bits per heavy atom. The van der Waals surface area contributed by atoms with Gasteiger partial charge in [0.05, 0.1) is 24.4 Å². The van der Waals surface area contributed by atoms with Crippen molar-refractivity contribution in [2.24, 2.45) is 0 Å². The molecule has 176 valence electrons. The van der Waals surface area contributed by atoms with Gasteiger partial charge in [-0.1, -0.05) is 0 Å². The van der Waals surface area contributed by atoms with Gasteiger partial charge in [-0.15, -0.1) is 0 Å². The molecule has 0 amide bonds. The molecule has 1 aliphatic carbocycles. The van der Waals surface area contributed by atoms with E-state index in [1.807, 2.05) is 0 Å². The minimum absolute atomic E-state index is 0.183. The largest absolute Gasteiger partial charge is 0.393 e. The second-order valence-corrected chi connectivity index (χ2v) is 12.6. The number of hydrogen-bond acceptors (Lipinski definition) is 6. The lowest BCUT2D eigenvalue weighted by Crippen LogP contribution is -2.63. The van der Waals surface area contributed by atoms with E-state index >= 15 is 0 Å². The number of hydroxylamine groups is 4. The zero-order valence-electron chi connectivity index (χ0n) is 20.6. The number of rotatable bonds is 4. The molecule has 0 spiro atoms. The van der Waals surface area contributed by atoms with Gasteiger partial charge in [-0.2, -0.15) is 10.1 Å². The molecule has 0 aromatic rings. The molecule has 0 aromatic heterocycles. The predicted molar refractivity (Wildman–Crippen MR) is 119 cm³/mol. The molecule has 0 bridgehead atoms. The van der Waals surface area contributed by atoms with Gasteiger partial charge in [0.15, 0.2) is 0 Å². The molecule has 0 aromatic carbocycles. The van der Waals surface area contributed by atoms with Gasteiger partial charge in [0, 0.05) is 22.2 Å². The van der Waals surface area contributed by atoms with E-state index in [1.165, 1.54) is 0 Å². The minimum atomic E-state index is -0.270. The Bertz CT molecular complexity index is 508. The van der Waals surface area contributed by atoms with E-state index in [9.17, 15) is 10.2 Å². The fraction of sp³-hybridized carbons (Fsp3) is 1.00. The summed E-state index contributed by atoms with van der Waals surface area (Å²) in [5.41, 5.74) is -0.733. The molecule has 6 nitrogen and oxygen atoms in total. The first-order valence-electron chi connectivity index (χ1n) is 11.9. The molecular weight excluding hydrogens is 380 g/mol. The summed E-state index contributed by atoms with van der Waals surface area (Å²) in [6.07, 6.45) is 6.72. The molecule has 1 saturated carbocycles. The number of nitrogens with zero attached hydrogens (tertiary/aromatic N) is 2. The summed E-state index contributed by atoms with van der Waals surface area (Å²) in [6, 6.07) is 0. The van der Waals surface area contributed by atoms with Crippen LogP contribution in [0.25, 0.3) is 0 Å². The lowest BCUT2D eigenvalue weighted by molar-refractivity contribution is -0.335. The molecule has 0 atom stereocenters. The lowest BCUT2D eigenvalue weighted by atomic mass is 9.80. The summed E-state index contributed by atoms with van der Waals surface area (Å²) in [4.78, 5) is 13.1. The summed E-state index contributed by atoms with van der Waals surface area (Å²) in [5, 5.41) is 24.9. The van der Waals surface area contributed by atoms with Gasteiger partial charge in [-0.05, 0) is 107 Å². The van der Waals surface area contributed by atoms with Crippen LogP contribution in [-0.2, 0) is 9.68 Å². The number of piperidine rings is 2. The van der Waals surface area contributed by atoms with E-state index in [4.69, 9.17) is 9.68 Å². The third-order valence-corrected chi connectivity index (χ3v) is 7.27. The van der Waals surface area contributed by atoms with E-state index in [-0.39, 0.29) is 46.6 Å². The van der Waals surface area contributed by atoms with Crippen molar-refractivity contribution in [1.82, 2.24) is 10.1 Å². The Labute approximate surface area is 183 Å². The number of aliphatic hydroxyl groups excluding tert-OH is 2. The molecule has 2 N–H and O–H groups in total. The molecule has 2 aliphatic heterocycles. The van der Waals surface area contributed by atoms with Crippen molar-refractivity contribution in [3.63, 3.8) is 0 Å². The summed E-state index contributed by atoms with van der Waals surface area (Å²) in [6.45, 7) is 17.3. The maximum absolute atomic E-state index is 10.3. The maximum atomic E-state index is 10.3. The molecule has 3 aliphatic rings. The van der Waals surface area contributed by atoms with Gasteiger partial charge in [-0.3, -0.25) is 9.68 Å². The van der Waals surface area contributed by atoms with Crippen molar-refractivity contribution >= 4 is 0 Å². The summed E-state index contributed by atoms with van der Waals surface area (Å²) in [5.74, 6) is 0. The van der Waals surface area contributed by atoms with Gasteiger partial charge in [0.1, 0.15) is 0 Å². The lowest BCUT2D eigenvalue weighted by Gasteiger charge is -2.55. The topological polar surface area (TPSA) is 65.4 Å². The van der Waals surface area contributed by atoms with E-state index in [2.05, 4.69) is 65.5 Å². The van der Waals surface area contributed by atoms with Crippen molar-refractivity contribution in [2.45, 2.75) is 153 Å². The molecular formula is C24H46N2O4. The summed E-state index contributed by atoms with van der Waals surface area (Å²) >= 11 is 0. The zero-order valence-corrected chi connectivity index (χ0v) is 20.6. The highest BCUT2D eigenvalue weighted by Gasteiger charge is 2.49. The van der Waals surface area contributed by atoms with Crippen molar-refractivity contribution in [3.05, 3.63) is 0 Å². The second kappa shape index (κ2) is 8.27. The second-order valence-electron chi connectivity index (χ2n) is 12.6. The Morgan fingerprint density at radius 1 is 0.533 bits per heavy atom. The normalized spacial score (nSPS) is 35.4. The van der Waals surface area contributed by atoms with Crippen LogP contribution in [0.5, 0.6) is 0 Å². The fourth-order valence-corrected chi connectivity index (χ4v) is 6.53. The van der Waals surface area contributed by atoms with Crippen molar-refractivity contribution in [3.8, 4) is 0 Å². The van der Waals surface area contributed by atoms with Crippen LogP contribution in [0.1, 0.15) is 107 Å². The van der Waals surface area contributed by atoms with Crippen molar-refractivity contribution < 1.29 is 19.9 Å². The molecule has 2 saturated heterocycles. The quantitative estimate of drug-likeness (QED) is 0.703. The maximum Gasteiger partial charge on any atom is 0.0795 e. The predicted octanol–water partition coefficient (Wildman–Crippen LogP) is 4.19. The van der Waals surface area contributed by atoms with Crippen LogP contribution < -0.4 is 0 Å². The summed E-state index contributed by atoms with van der Waals surface area (Å²) < 4.78 is 0. The highest BCUT2D eigenvalue weighted by Crippen LogP contribution is 2.42. The van der Waals surface area contributed by atoms with Gasteiger partial charge < -0.3 is 10.2 Å². The third kappa shape index (κ3) is 5.21.